The van der Waals surface area contributed by atoms with Gasteiger partial charge >= 0.3 is 6.03 Å². The topological polar surface area (TPSA) is 189 Å². The number of fused-ring (bicyclic) bond motifs is 6. The molecule has 15 nitrogen and oxygen atoms in total. The molecule has 0 radical (unpaired) electrons. The van der Waals surface area contributed by atoms with Gasteiger partial charge in [0, 0.05) is 49.2 Å². The second kappa shape index (κ2) is 15.2. The molecule has 6 aliphatic rings. The Morgan fingerprint density at radius 2 is 1.89 bits per heavy atom. The van der Waals surface area contributed by atoms with E-state index in [0.29, 0.717) is 56.0 Å². The van der Waals surface area contributed by atoms with E-state index in [2.05, 4.69) is 26.9 Å². The second-order valence-corrected chi connectivity index (χ2v) is 17.8. The molecule has 5 heterocycles. The number of nitrogens with one attached hydrogen (secondary N) is 3. The molecule has 5 fully saturated rings. The second-order valence-electron chi connectivity index (χ2n) is 15.8. The fourth-order valence-corrected chi connectivity index (χ4v) is 9.92. The van der Waals surface area contributed by atoms with Gasteiger partial charge < -0.3 is 29.9 Å². The number of aromatic nitrogens is 2. The molecule has 6 atom stereocenters. The highest BCUT2D eigenvalue weighted by atomic mass is 32.2. The Morgan fingerprint density at radius 3 is 2.65 bits per heavy atom. The van der Waals surface area contributed by atoms with E-state index in [4.69, 9.17) is 14.5 Å². The molecule has 0 spiro atoms. The molecule has 55 heavy (non-hydrogen) atoms. The van der Waals surface area contributed by atoms with Gasteiger partial charge in [0.05, 0.1) is 17.9 Å². The van der Waals surface area contributed by atoms with Gasteiger partial charge in [0.15, 0.2) is 5.65 Å². The van der Waals surface area contributed by atoms with Crippen LogP contribution >= 0.6 is 0 Å². The van der Waals surface area contributed by atoms with Crippen molar-refractivity contribution in [3.05, 3.63) is 48.7 Å². The minimum absolute atomic E-state index is 0.0148. The highest BCUT2D eigenvalue weighted by Gasteiger charge is 2.62. The van der Waals surface area contributed by atoms with E-state index in [0.717, 1.165) is 43.9 Å². The summed E-state index contributed by atoms with van der Waals surface area (Å²) in [5.74, 6) is -2.17. The van der Waals surface area contributed by atoms with Gasteiger partial charge in [0.1, 0.15) is 23.7 Å². The van der Waals surface area contributed by atoms with Gasteiger partial charge in [0.2, 0.25) is 27.7 Å². The SMILES string of the molecule is C=C[C@H]1C[C@]1(NC(=O)[C@@H]1C[C@@H]2CN1C(=O)[C@H](C1CCCC1)NC(=O)N1CC[C@@H](C1)OCCC/C=C/c1cc3cccnc3nc1O2)C(=O)NS(=O)(=O)C1CC1. The van der Waals surface area contributed by atoms with E-state index >= 15 is 0 Å². The molecule has 2 saturated heterocycles. The summed E-state index contributed by atoms with van der Waals surface area (Å²) in [5.41, 5.74) is -0.336. The quantitative estimate of drug-likeness (QED) is 0.353. The van der Waals surface area contributed by atoms with Gasteiger partial charge in [-0.15, -0.1) is 6.58 Å². The van der Waals surface area contributed by atoms with Crippen molar-refractivity contribution in [1.29, 1.82) is 0 Å². The minimum atomic E-state index is -3.89. The van der Waals surface area contributed by atoms with E-state index < -0.39 is 62.6 Å². The molecule has 0 unspecified atom stereocenters. The standard InChI is InChI=1S/C39H49N7O8S/c1-2-27-21-39(27,37(49)44-55(51,52)30-13-14-30)43-34(47)31-20-29-23-46(31)36(48)32(24-9-5-6-10-24)41-38(50)45-17-15-28(22-45)53-18-7-3-4-11-26-19-25-12-8-16-40-33(25)42-35(26)54-29/h2,4,8,11-12,16,19,24,27-32H,1,3,5-7,9-10,13-15,17-18,20-23H2,(H,41,50)(H,43,47)(H,44,49)/b11-4+/t27-,28-,29+,31-,32-,39+/m0/s1. The van der Waals surface area contributed by atoms with Crippen LogP contribution in [-0.2, 0) is 29.1 Å². The lowest BCUT2D eigenvalue weighted by atomic mass is 9.96. The molecular weight excluding hydrogens is 727 g/mol. The first-order valence-corrected chi connectivity index (χ1v) is 21.2. The number of ether oxygens (including phenoxy) is 2. The summed E-state index contributed by atoms with van der Waals surface area (Å²) in [6, 6.07) is 3.36. The van der Waals surface area contributed by atoms with Crippen molar-refractivity contribution < 1.29 is 37.1 Å². The summed E-state index contributed by atoms with van der Waals surface area (Å²) in [4.78, 5) is 69.0. The average Bonchev–Trinajstić information content (AvgIpc) is 3.94. The van der Waals surface area contributed by atoms with Crippen LogP contribution in [0.4, 0.5) is 4.79 Å². The largest absolute Gasteiger partial charge is 0.472 e. The predicted molar refractivity (Wildman–Crippen MR) is 202 cm³/mol. The van der Waals surface area contributed by atoms with Crippen LogP contribution in [0.1, 0.15) is 76.2 Å². The first kappa shape index (κ1) is 37.4. The number of carbonyl (C=O) groups excluding carboxylic acids is 4. The summed E-state index contributed by atoms with van der Waals surface area (Å²) in [6.45, 7) is 5.29. The van der Waals surface area contributed by atoms with Crippen LogP contribution in [-0.4, -0.2) is 113 Å². The van der Waals surface area contributed by atoms with Crippen molar-refractivity contribution in [3.63, 3.8) is 0 Å². The van der Waals surface area contributed by atoms with E-state index in [1.807, 2.05) is 30.4 Å². The van der Waals surface area contributed by atoms with Gasteiger partial charge in [-0.25, -0.2) is 18.2 Å². The maximum atomic E-state index is 14.8. The normalized spacial score (nSPS) is 31.0. The Balaban J connectivity index is 1.12. The maximum Gasteiger partial charge on any atom is 0.318 e. The summed E-state index contributed by atoms with van der Waals surface area (Å²) in [6.07, 6.45) is 13.1. The lowest BCUT2D eigenvalue weighted by Crippen LogP contribution is -2.59. The van der Waals surface area contributed by atoms with Crippen molar-refractivity contribution in [1.82, 2.24) is 35.1 Å². The number of nitrogens with zero attached hydrogens (tertiary/aromatic N) is 4. The van der Waals surface area contributed by atoms with Crippen molar-refractivity contribution in [3.8, 4) is 5.88 Å². The number of hydrogen-bond acceptors (Lipinski definition) is 10. The maximum absolute atomic E-state index is 14.8. The van der Waals surface area contributed by atoms with Crippen LogP contribution in [0.15, 0.2) is 43.1 Å². The van der Waals surface area contributed by atoms with Gasteiger partial charge in [-0.05, 0) is 75.5 Å². The molecule has 2 aromatic heterocycles. The number of amides is 5. The van der Waals surface area contributed by atoms with Crippen LogP contribution < -0.4 is 20.1 Å². The van der Waals surface area contributed by atoms with Crippen molar-refractivity contribution in [2.45, 2.75) is 106 Å². The van der Waals surface area contributed by atoms with Crippen LogP contribution in [0.2, 0.25) is 0 Å². The highest BCUT2D eigenvalue weighted by molar-refractivity contribution is 7.91. The van der Waals surface area contributed by atoms with Gasteiger partial charge in [0.25, 0.3) is 5.91 Å². The summed E-state index contributed by atoms with van der Waals surface area (Å²) >= 11 is 0. The van der Waals surface area contributed by atoms with Gasteiger partial charge in [-0.3, -0.25) is 19.1 Å². The molecule has 3 aliphatic heterocycles. The first-order valence-electron chi connectivity index (χ1n) is 19.6. The summed E-state index contributed by atoms with van der Waals surface area (Å²) in [7, 11) is -3.89. The third-order valence-corrected chi connectivity index (χ3v) is 13.8. The molecule has 5 amide bonds. The van der Waals surface area contributed by atoms with Crippen LogP contribution in [0.5, 0.6) is 5.88 Å². The van der Waals surface area contributed by atoms with E-state index in [1.165, 1.54) is 11.0 Å². The number of pyridine rings is 2. The highest BCUT2D eigenvalue weighted by Crippen LogP contribution is 2.45. The fraction of sp³-hybridized carbons (Fsp3) is 0.590. The molecule has 2 aromatic rings. The number of rotatable bonds is 7. The number of allylic oxidation sites excluding steroid dienone is 1. The third kappa shape index (κ3) is 7.80. The summed E-state index contributed by atoms with van der Waals surface area (Å²) < 4.78 is 40.4. The third-order valence-electron chi connectivity index (χ3n) is 12.0. The molecular formula is C39H49N7O8S. The average molecular weight is 776 g/mol. The lowest BCUT2D eigenvalue weighted by Gasteiger charge is -2.33. The van der Waals surface area contributed by atoms with Crippen LogP contribution in [0, 0.1) is 11.8 Å². The zero-order valence-electron chi connectivity index (χ0n) is 30.9. The Labute approximate surface area is 320 Å². The van der Waals surface area contributed by atoms with E-state index in [1.54, 1.807) is 11.1 Å². The number of urea groups is 1. The molecule has 4 bridgehead atoms. The smallest absolute Gasteiger partial charge is 0.318 e. The number of hydrogen-bond donors (Lipinski definition) is 3. The number of sulfonamides is 1. The monoisotopic (exact) mass is 775 g/mol. The van der Waals surface area contributed by atoms with Crippen molar-refractivity contribution in [2.75, 3.05) is 26.2 Å². The predicted octanol–water partition coefficient (Wildman–Crippen LogP) is 2.81. The Kier molecular flexibility index (Phi) is 10.3. The van der Waals surface area contributed by atoms with Crippen LogP contribution in [0.3, 0.4) is 0 Å². The van der Waals surface area contributed by atoms with Crippen molar-refractivity contribution in [2.24, 2.45) is 11.8 Å². The lowest BCUT2D eigenvalue weighted by molar-refractivity contribution is -0.142. The molecule has 294 valence electrons. The van der Waals surface area contributed by atoms with Gasteiger partial charge in [-0.1, -0.05) is 31.1 Å². The molecule has 3 N–H and O–H groups in total. The van der Waals surface area contributed by atoms with E-state index in [-0.39, 0.29) is 37.4 Å². The zero-order valence-corrected chi connectivity index (χ0v) is 31.7. The van der Waals surface area contributed by atoms with Crippen molar-refractivity contribution >= 4 is 50.9 Å². The van der Waals surface area contributed by atoms with Crippen LogP contribution in [0.25, 0.3) is 17.1 Å². The Bertz CT molecular complexity index is 2000. The zero-order chi connectivity index (χ0) is 38.3. The van der Waals surface area contributed by atoms with Gasteiger partial charge in [-0.2, -0.15) is 4.98 Å². The molecule has 16 heteroatoms. The molecule has 0 aromatic carbocycles. The first-order chi connectivity index (χ1) is 26.5. The molecule has 3 saturated carbocycles. The molecule has 8 rings (SSSR count). The van der Waals surface area contributed by atoms with E-state index in [9.17, 15) is 27.6 Å². The number of carbonyl (C=O) groups is 4. The Morgan fingerprint density at radius 1 is 1.07 bits per heavy atom. The summed E-state index contributed by atoms with van der Waals surface area (Å²) in [5, 5.41) is 6.11. The molecule has 3 aliphatic carbocycles. The Hall–Kier alpha value is -4.57. The minimum Gasteiger partial charge on any atom is -0.472 e. The fourth-order valence-electron chi connectivity index (χ4n) is 8.56.